The number of carbonyl (C=O) groups is 2. The van der Waals surface area contributed by atoms with E-state index in [1.807, 2.05) is 30.3 Å². The standard InChI is InChI=1S/C17H14N2O3S/c20-15(21)10-12(16(22)18-11-6-2-1-3-7-11)17-19-13-8-4-5-9-14(13)23-17/h1-9,12H,10H2,(H,18,22)(H,20,21). The minimum Gasteiger partial charge on any atom is -0.481 e. The van der Waals surface area contributed by atoms with Crippen molar-refractivity contribution in [2.24, 2.45) is 0 Å². The molecule has 5 nitrogen and oxygen atoms in total. The van der Waals surface area contributed by atoms with E-state index in [0.29, 0.717) is 10.7 Å². The summed E-state index contributed by atoms with van der Waals surface area (Å²) in [7, 11) is 0. The Balaban J connectivity index is 1.90. The van der Waals surface area contributed by atoms with E-state index in [-0.39, 0.29) is 12.3 Å². The first kappa shape index (κ1) is 15.2. The Labute approximate surface area is 136 Å². The molecule has 0 fully saturated rings. The molecule has 6 heteroatoms. The Morgan fingerprint density at radius 3 is 2.48 bits per heavy atom. The highest BCUT2D eigenvalue weighted by Gasteiger charge is 2.27. The summed E-state index contributed by atoms with van der Waals surface area (Å²) in [6.07, 6.45) is -0.293. The monoisotopic (exact) mass is 326 g/mol. The van der Waals surface area contributed by atoms with Crippen LogP contribution in [0, 0.1) is 0 Å². The van der Waals surface area contributed by atoms with Crippen LogP contribution in [0.1, 0.15) is 17.3 Å². The molecule has 0 aliphatic heterocycles. The minimum absolute atomic E-state index is 0.293. The van der Waals surface area contributed by atoms with Gasteiger partial charge in [0, 0.05) is 5.69 Å². The second kappa shape index (κ2) is 6.58. The number of anilines is 1. The van der Waals surface area contributed by atoms with Gasteiger partial charge in [0.1, 0.15) is 10.9 Å². The van der Waals surface area contributed by atoms with Gasteiger partial charge in [-0.25, -0.2) is 4.98 Å². The van der Waals surface area contributed by atoms with Crippen LogP contribution in [0.5, 0.6) is 0 Å². The number of thiazole rings is 1. The van der Waals surface area contributed by atoms with Gasteiger partial charge in [0.25, 0.3) is 0 Å². The summed E-state index contributed by atoms with van der Waals surface area (Å²) in [6.45, 7) is 0. The largest absolute Gasteiger partial charge is 0.481 e. The summed E-state index contributed by atoms with van der Waals surface area (Å²) in [4.78, 5) is 28.1. The first-order valence-corrected chi connectivity index (χ1v) is 7.88. The van der Waals surface area contributed by atoms with Gasteiger partial charge in [-0.15, -0.1) is 11.3 Å². The fraction of sp³-hybridized carbons (Fsp3) is 0.118. The number of aromatic nitrogens is 1. The fourth-order valence-electron chi connectivity index (χ4n) is 2.26. The van der Waals surface area contributed by atoms with E-state index in [2.05, 4.69) is 10.3 Å². The number of para-hydroxylation sites is 2. The first-order valence-electron chi connectivity index (χ1n) is 7.06. The minimum atomic E-state index is -1.03. The summed E-state index contributed by atoms with van der Waals surface area (Å²) in [5.41, 5.74) is 1.41. The van der Waals surface area contributed by atoms with Crippen molar-refractivity contribution in [2.75, 3.05) is 5.32 Å². The lowest BCUT2D eigenvalue weighted by molar-refractivity contribution is -0.139. The lowest BCUT2D eigenvalue weighted by Crippen LogP contribution is -2.23. The van der Waals surface area contributed by atoms with Crippen molar-refractivity contribution in [1.29, 1.82) is 0 Å². The molecular weight excluding hydrogens is 312 g/mol. The maximum atomic E-state index is 12.5. The highest BCUT2D eigenvalue weighted by molar-refractivity contribution is 7.18. The highest BCUT2D eigenvalue weighted by Crippen LogP contribution is 2.30. The fourth-order valence-corrected chi connectivity index (χ4v) is 3.32. The van der Waals surface area contributed by atoms with Crippen molar-refractivity contribution >= 4 is 39.1 Å². The van der Waals surface area contributed by atoms with Crippen LogP contribution in [0.3, 0.4) is 0 Å². The highest BCUT2D eigenvalue weighted by atomic mass is 32.1. The smallest absolute Gasteiger partial charge is 0.304 e. The molecule has 1 atom stereocenters. The molecule has 23 heavy (non-hydrogen) atoms. The van der Waals surface area contributed by atoms with E-state index >= 15 is 0 Å². The molecule has 0 aliphatic rings. The zero-order chi connectivity index (χ0) is 16.2. The molecule has 1 amide bonds. The van der Waals surface area contributed by atoms with Gasteiger partial charge in [0.15, 0.2) is 0 Å². The van der Waals surface area contributed by atoms with Crippen LogP contribution < -0.4 is 5.32 Å². The molecular formula is C17H14N2O3S. The number of nitrogens with one attached hydrogen (secondary N) is 1. The number of hydrogen-bond donors (Lipinski definition) is 2. The van der Waals surface area contributed by atoms with E-state index in [1.165, 1.54) is 11.3 Å². The molecule has 0 aliphatic carbocycles. The van der Waals surface area contributed by atoms with Crippen molar-refractivity contribution < 1.29 is 14.7 Å². The number of carboxylic acid groups (broad SMARTS) is 1. The predicted octanol–water partition coefficient (Wildman–Crippen LogP) is 3.49. The molecule has 1 unspecified atom stereocenters. The average Bonchev–Trinajstić information content (AvgIpc) is 2.97. The number of rotatable bonds is 5. The number of aliphatic carboxylic acids is 1. The second-order valence-electron chi connectivity index (χ2n) is 5.03. The lowest BCUT2D eigenvalue weighted by Gasteiger charge is -2.12. The molecule has 0 bridgehead atoms. The van der Waals surface area contributed by atoms with Gasteiger partial charge >= 0.3 is 5.97 Å². The maximum Gasteiger partial charge on any atom is 0.304 e. The average molecular weight is 326 g/mol. The van der Waals surface area contributed by atoms with E-state index in [4.69, 9.17) is 5.11 Å². The molecule has 2 N–H and O–H groups in total. The number of fused-ring (bicyclic) bond motifs is 1. The van der Waals surface area contributed by atoms with Gasteiger partial charge < -0.3 is 10.4 Å². The van der Waals surface area contributed by atoms with Gasteiger partial charge in [-0.05, 0) is 24.3 Å². The summed E-state index contributed by atoms with van der Waals surface area (Å²) in [5, 5.41) is 12.4. The normalized spacial score (nSPS) is 12.0. The van der Waals surface area contributed by atoms with Gasteiger partial charge in [-0.2, -0.15) is 0 Å². The van der Waals surface area contributed by atoms with Gasteiger partial charge in [0.05, 0.1) is 16.6 Å². The molecule has 2 aromatic carbocycles. The summed E-state index contributed by atoms with van der Waals surface area (Å²) >= 11 is 1.35. The van der Waals surface area contributed by atoms with Gasteiger partial charge in [-0.1, -0.05) is 30.3 Å². The molecule has 1 heterocycles. The van der Waals surface area contributed by atoms with Gasteiger partial charge in [0.2, 0.25) is 5.91 Å². The van der Waals surface area contributed by atoms with Crippen molar-refractivity contribution in [3.8, 4) is 0 Å². The first-order chi connectivity index (χ1) is 11.1. The van der Waals surface area contributed by atoms with Crippen molar-refractivity contribution in [1.82, 2.24) is 4.98 Å². The number of hydrogen-bond acceptors (Lipinski definition) is 4. The Kier molecular flexibility index (Phi) is 4.34. The van der Waals surface area contributed by atoms with Gasteiger partial charge in [-0.3, -0.25) is 9.59 Å². The molecule has 0 radical (unpaired) electrons. The zero-order valence-electron chi connectivity index (χ0n) is 12.1. The number of nitrogens with zero attached hydrogens (tertiary/aromatic N) is 1. The van der Waals surface area contributed by atoms with E-state index < -0.39 is 11.9 Å². The van der Waals surface area contributed by atoms with E-state index in [9.17, 15) is 9.59 Å². The van der Waals surface area contributed by atoms with Crippen LogP contribution in [0.4, 0.5) is 5.69 Å². The molecule has 3 rings (SSSR count). The lowest BCUT2D eigenvalue weighted by atomic mass is 10.1. The van der Waals surface area contributed by atoms with Crippen molar-refractivity contribution in [3.05, 3.63) is 59.6 Å². The number of carboxylic acids is 1. The molecule has 116 valence electrons. The quantitative estimate of drug-likeness (QED) is 0.752. The number of amides is 1. The topological polar surface area (TPSA) is 79.3 Å². The number of benzene rings is 2. The predicted molar refractivity (Wildman–Crippen MR) is 89.7 cm³/mol. The zero-order valence-corrected chi connectivity index (χ0v) is 12.9. The Bertz CT molecular complexity index is 812. The maximum absolute atomic E-state index is 12.5. The molecule has 1 aromatic heterocycles. The molecule has 0 spiro atoms. The third-order valence-corrected chi connectivity index (χ3v) is 4.50. The van der Waals surface area contributed by atoms with Crippen LogP contribution in [-0.2, 0) is 9.59 Å². The summed E-state index contributed by atoms with van der Waals surface area (Å²) < 4.78 is 0.936. The third kappa shape index (κ3) is 3.54. The van der Waals surface area contributed by atoms with Crippen LogP contribution in [0.25, 0.3) is 10.2 Å². The second-order valence-corrected chi connectivity index (χ2v) is 6.09. The SMILES string of the molecule is O=C(O)CC(C(=O)Nc1ccccc1)c1nc2ccccc2s1. The summed E-state index contributed by atoms with van der Waals surface area (Å²) in [6, 6.07) is 16.5. The van der Waals surface area contributed by atoms with E-state index in [1.54, 1.807) is 24.3 Å². The molecule has 0 saturated heterocycles. The van der Waals surface area contributed by atoms with Crippen LogP contribution in [0.2, 0.25) is 0 Å². The van der Waals surface area contributed by atoms with Crippen LogP contribution in [-0.4, -0.2) is 22.0 Å². The third-order valence-electron chi connectivity index (χ3n) is 3.35. The summed E-state index contributed by atoms with van der Waals surface area (Å²) in [5.74, 6) is -2.21. The van der Waals surface area contributed by atoms with Crippen LogP contribution in [0.15, 0.2) is 54.6 Å². The van der Waals surface area contributed by atoms with Crippen molar-refractivity contribution in [3.63, 3.8) is 0 Å². The van der Waals surface area contributed by atoms with Crippen molar-refractivity contribution in [2.45, 2.75) is 12.3 Å². The Hall–Kier alpha value is -2.73. The Morgan fingerprint density at radius 1 is 1.09 bits per heavy atom. The Morgan fingerprint density at radius 2 is 1.78 bits per heavy atom. The number of carbonyl (C=O) groups excluding carboxylic acids is 1. The molecule has 3 aromatic rings. The van der Waals surface area contributed by atoms with E-state index in [0.717, 1.165) is 10.2 Å². The van der Waals surface area contributed by atoms with Crippen LogP contribution >= 0.6 is 11.3 Å². The molecule has 0 saturated carbocycles.